The number of hydrogen-bond acceptors (Lipinski definition) is 4. The van der Waals surface area contributed by atoms with Gasteiger partial charge in [-0.3, -0.25) is 0 Å². The molecule has 2 heterocycles. The molecule has 2 rings (SSSR count). The van der Waals surface area contributed by atoms with Crippen LogP contribution in [0.15, 0.2) is 0 Å². The lowest BCUT2D eigenvalue weighted by Gasteiger charge is -2.32. The topological polar surface area (TPSA) is 61.4 Å². The Morgan fingerprint density at radius 3 is 2.79 bits per heavy atom. The van der Waals surface area contributed by atoms with E-state index in [9.17, 15) is 8.42 Å². The van der Waals surface area contributed by atoms with Gasteiger partial charge in [-0.1, -0.05) is 6.42 Å². The molecule has 5 nitrogen and oxygen atoms in total. The average Bonchev–Trinajstić information content (AvgIpc) is 2.38. The number of rotatable bonds is 5. The van der Waals surface area contributed by atoms with Gasteiger partial charge in [-0.15, -0.1) is 0 Å². The minimum atomic E-state index is -3.12. The standard InChI is InChI=1S/C13H27N3O2S/c1-16-8-3-2-6-13(16)10-15-19(17,18)11-12-5-4-7-14-9-12/h12-15H,2-11H2,1H3. The van der Waals surface area contributed by atoms with Crippen molar-refractivity contribution in [1.82, 2.24) is 14.9 Å². The second-order valence-electron chi connectivity index (χ2n) is 5.97. The lowest BCUT2D eigenvalue weighted by atomic mass is 10.0. The zero-order valence-corrected chi connectivity index (χ0v) is 12.7. The fourth-order valence-electron chi connectivity index (χ4n) is 3.06. The first-order chi connectivity index (χ1) is 9.07. The van der Waals surface area contributed by atoms with E-state index < -0.39 is 10.0 Å². The summed E-state index contributed by atoms with van der Waals surface area (Å²) in [6.45, 7) is 3.51. The monoisotopic (exact) mass is 289 g/mol. The average molecular weight is 289 g/mol. The molecule has 0 saturated carbocycles. The van der Waals surface area contributed by atoms with E-state index in [-0.39, 0.29) is 11.7 Å². The van der Waals surface area contributed by atoms with Gasteiger partial charge in [-0.2, -0.15) is 0 Å². The number of nitrogens with one attached hydrogen (secondary N) is 2. The zero-order valence-electron chi connectivity index (χ0n) is 11.9. The van der Waals surface area contributed by atoms with Crippen LogP contribution < -0.4 is 10.0 Å². The van der Waals surface area contributed by atoms with E-state index in [1.165, 1.54) is 12.8 Å². The van der Waals surface area contributed by atoms with Gasteiger partial charge < -0.3 is 10.2 Å². The highest BCUT2D eigenvalue weighted by Crippen LogP contribution is 2.15. The van der Waals surface area contributed by atoms with Gasteiger partial charge in [0.2, 0.25) is 10.0 Å². The Kier molecular flexibility index (Phi) is 5.62. The molecule has 2 N–H and O–H groups in total. The van der Waals surface area contributed by atoms with Crippen molar-refractivity contribution in [2.24, 2.45) is 5.92 Å². The third-order valence-electron chi connectivity index (χ3n) is 4.31. The number of sulfonamides is 1. The highest BCUT2D eigenvalue weighted by molar-refractivity contribution is 7.89. The van der Waals surface area contributed by atoms with Crippen molar-refractivity contribution in [2.75, 3.05) is 39.0 Å². The summed E-state index contributed by atoms with van der Waals surface area (Å²) in [5.74, 6) is 0.548. The summed E-state index contributed by atoms with van der Waals surface area (Å²) in [4.78, 5) is 2.27. The van der Waals surface area contributed by atoms with Crippen LogP contribution in [0.5, 0.6) is 0 Å². The molecule has 19 heavy (non-hydrogen) atoms. The van der Waals surface area contributed by atoms with Crippen LogP contribution in [0.3, 0.4) is 0 Å². The van der Waals surface area contributed by atoms with Crippen molar-refractivity contribution in [3.05, 3.63) is 0 Å². The van der Waals surface area contributed by atoms with Gasteiger partial charge in [0.1, 0.15) is 0 Å². The molecule has 0 radical (unpaired) electrons. The minimum absolute atomic E-state index is 0.273. The lowest BCUT2D eigenvalue weighted by molar-refractivity contribution is 0.187. The number of likely N-dealkylation sites (N-methyl/N-ethyl adjacent to an activating group) is 1. The first-order valence-electron chi connectivity index (χ1n) is 7.45. The molecule has 0 spiro atoms. The third-order valence-corrected chi connectivity index (χ3v) is 5.83. The van der Waals surface area contributed by atoms with Gasteiger partial charge in [0.15, 0.2) is 0 Å². The van der Waals surface area contributed by atoms with Crippen molar-refractivity contribution >= 4 is 10.0 Å². The fourth-order valence-corrected chi connectivity index (χ4v) is 4.53. The molecule has 2 aliphatic rings. The summed E-state index contributed by atoms with van der Waals surface area (Å²) in [5, 5.41) is 3.27. The maximum atomic E-state index is 12.1. The molecule has 0 bridgehead atoms. The maximum Gasteiger partial charge on any atom is 0.211 e. The van der Waals surface area contributed by atoms with Crippen molar-refractivity contribution in [1.29, 1.82) is 0 Å². The molecule has 0 aromatic heterocycles. The van der Waals surface area contributed by atoms with Crippen LogP contribution in [0, 0.1) is 5.92 Å². The van der Waals surface area contributed by atoms with Crippen molar-refractivity contribution in [2.45, 2.75) is 38.1 Å². The molecule has 6 heteroatoms. The van der Waals surface area contributed by atoms with Crippen LogP contribution in [-0.4, -0.2) is 58.3 Å². The van der Waals surface area contributed by atoms with Crippen LogP contribution in [0.25, 0.3) is 0 Å². The van der Waals surface area contributed by atoms with E-state index in [0.29, 0.717) is 12.6 Å². The number of nitrogens with zero attached hydrogens (tertiary/aromatic N) is 1. The van der Waals surface area contributed by atoms with Crippen LogP contribution in [0.1, 0.15) is 32.1 Å². The molecular weight excluding hydrogens is 262 g/mol. The summed E-state index contributed by atoms with van der Waals surface area (Å²) in [6.07, 6.45) is 5.66. The van der Waals surface area contributed by atoms with E-state index in [1.54, 1.807) is 0 Å². The molecule has 0 amide bonds. The van der Waals surface area contributed by atoms with Crippen molar-refractivity contribution < 1.29 is 8.42 Å². The van der Waals surface area contributed by atoms with Crippen molar-refractivity contribution in [3.63, 3.8) is 0 Å². The summed E-state index contributed by atoms with van der Waals surface area (Å²) < 4.78 is 27.0. The first kappa shape index (κ1) is 15.2. The molecule has 2 saturated heterocycles. The molecule has 2 unspecified atom stereocenters. The number of likely N-dealkylation sites (tertiary alicyclic amines) is 1. The van der Waals surface area contributed by atoms with Gasteiger partial charge in [-0.05, 0) is 58.3 Å². The Hall–Kier alpha value is -0.170. The Balaban J connectivity index is 1.76. The highest BCUT2D eigenvalue weighted by atomic mass is 32.2. The SMILES string of the molecule is CN1CCCCC1CNS(=O)(=O)CC1CCCNC1. The molecule has 112 valence electrons. The molecule has 2 aliphatic heterocycles. The van der Waals surface area contributed by atoms with Crippen LogP contribution in [-0.2, 0) is 10.0 Å². The molecule has 0 aromatic carbocycles. The third kappa shape index (κ3) is 5.02. The summed E-state index contributed by atoms with van der Waals surface area (Å²) in [7, 11) is -1.03. The highest BCUT2D eigenvalue weighted by Gasteiger charge is 2.24. The fraction of sp³-hybridized carbons (Fsp3) is 1.00. The smallest absolute Gasteiger partial charge is 0.211 e. The Bertz CT molecular complexity index is 366. The Morgan fingerprint density at radius 1 is 1.26 bits per heavy atom. The van der Waals surface area contributed by atoms with E-state index in [0.717, 1.165) is 38.9 Å². The lowest BCUT2D eigenvalue weighted by Crippen LogP contribution is -2.46. The minimum Gasteiger partial charge on any atom is -0.316 e. The summed E-state index contributed by atoms with van der Waals surface area (Å²) >= 11 is 0. The van der Waals surface area contributed by atoms with Crippen LogP contribution in [0.2, 0.25) is 0 Å². The molecule has 0 aliphatic carbocycles. The van der Waals surface area contributed by atoms with Crippen LogP contribution in [0.4, 0.5) is 0 Å². The predicted octanol–water partition coefficient (Wildman–Crippen LogP) is 0.390. The van der Waals surface area contributed by atoms with E-state index in [2.05, 4.69) is 22.0 Å². The largest absolute Gasteiger partial charge is 0.316 e. The van der Waals surface area contributed by atoms with Gasteiger partial charge in [0.25, 0.3) is 0 Å². The quantitative estimate of drug-likeness (QED) is 0.769. The Labute approximate surface area is 117 Å². The second-order valence-corrected chi connectivity index (χ2v) is 7.82. The van der Waals surface area contributed by atoms with E-state index in [4.69, 9.17) is 0 Å². The van der Waals surface area contributed by atoms with Gasteiger partial charge in [0.05, 0.1) is 5.75 Å². The number of hydrogen-bond donors (Lipinski definition) is 2. The Morgan fingerprint density at radius 2 is 2.11 bits per heavy atom. The molecule has 0 aromatic rings. The molecule has 2 atom stereocenters. The van der Waals surface area contributed by atoms with Gasteiger partial charge in [-0.25, -0.2) is 13.1 Å². The maximum absolute atomic E-state index is 12.1. The van der Waals surface area contributed by atoms with E-state index in [1.807, 2.05) is 0 Å². The van der Waals surface area contributed by atoms with Gasteiger partial charge in [0, 0.05) is 12.6 Å². The normalized spacial score (nSPS) is 30.4. The molecular formula is C13H27N3O2S. The molecule has 2 fully saturated rings. The van der Waals surface area contributed by atoms with Crippen LogP contribution >= 0.6 is 0 Å². The van der Waals surface area contributed by atoms with E-state index >= 15 is 0 Å². The number of piperidine rings is 2. The zero-order chi connectivity index (χ0) is 13.7. The van der Waals surface area contributed by atoms with Crippen molar-refractivity contribution in [3.8, 4) is 0 Å². The second kappa shape index (κ2) is 7.02. The summed E-state index contributed by atoms with van der Waals surface area (Å²) in [5.41, 5.74) is 0. The van der Waals surface area contributed by atoms with Gasteiger partial charge >= 0.3 is 0 Å². The predicted molar refractivity (Wildman–Crippen MR) is 77.7 cm³/mol. The summed E-state index contributed by atoms with van der Waals surface area (Å²) in [6, 6.07) is 0.369. The first-order valence-corrected chi connectivity index (χ1v) is 9.10.